The van der Waals surface area contributed by atoms with E-state index in [1.54, 1.807) is 11.8 Å². The highest BCUT2D eigenvalue weighted by atomic mass is 32.1. The highest BCUT2D eigenvalue weighted by Gasteiger charge is 2.28. The van der Waals surface area contributed by atoms with Gasteiger partial charge in [0.15, 0.2) is 0 Å². The molecule has 5 rings (SSSR count). The second-order valence-corrected chi connectivity index (χ2v) is 9.64. The smallest absolute Gasteiger partial charge is 0.264 e. The number of hydrogen-bond donors (Lipinski definition) is 0. The van der Waals surface area contributed by atoms with Crippen LogP contribution in [0.5, 0.6) is 17.4 Å². The van der Waals surface area contributed by atoms with Gasteiger partial charge < -0.3 is 19.1 Å². The number of carbonyl (C=O) groups is 1. The van der Waals surface area contributed by atoms with Crippen molar-refractivity contribution in [1.29, 1.82) is 0 Å². The van der Waals surface area contributed by atoms with Crippen LogP contribution < -0.4 is 9.47 Å². The normalized spacial score (nSPS) is 15.1. The molecule has 7 nitrogen and oxygen atoms in total. The first-order valence-corrected chi connectivity index (χ1v) is 12.9. The largest absolute Gasteiger partial charge is 0.497 e. The van der Waals surface area contributed by atoms with E-state index in [-0.39, 0.29) is 12.0 Å². The third-order valence-electron chi connectivity index (χ3n) is 6.23. The van der Waals surface area contributed by atoms with Crippen molar-refractivity contribution in [3.63, 3.8) is 0 Å². The van der Waals surface area contributed by atoms with Gasteiger partial charge in [0, 0.05) is 13.2 Å². The Labute approximate surface area is 214 Å². The molecule has 3 heterocycles. The molecule has 4 aromatic rings. The summed E-state index contributed by atoms with van der Waals surface area (Å²) in [6.45, 7) is 3.58. The number of carbonyl (C=O) groups excluding carboxylic acids is 1. The number of amides is 1. The number of aryl methyl sites for hydroxylation is 1. The quantitative estimate of drug-likeness (QED) is 0.286. The lowest BCUT2D eigenvalue weighted by atomic mass is 10.2. The molecular weight excluding hydrogens is 474 g/mol. The number of ether oxygens (including phenoxy) is 3. The van der Waals surface area contributed by atoms with Crippen LogP contribution >= 0.6 is 11.3 Å². The first kappa shape index (κ1) is 24.1. The highest BCUT2D eigenvalue weighted by Crippen LogP contribution is 2.33. The van der Waals surface area contributed by atoms with Gasteiger partial charge in [-0.05, 0) is 67.6 Å². The summed E-state index contributed by atoms with van der Waals surface area (Å²) in [5, 5.41) is 6.74. The Morgan fingerprint density at radius 3 is 2.56 bits per heavy atom. The second-order valence-electron chi connectivity index (χ2n) is 8.69. The molecule has 0 unspecified atom stereocenters. The fourth-order valence-electron chi connectivity index (χ4n) is 4.33. The van der Waals surface area contributed by atoms with Gasteiger partial charge in [-0.25, -0.2) is 4.68 Å². The first-order valence-electron chi connectivity index (χ1n) is 12.0. The number of thiophene rings is 1. The summed E-state index contributed by atoms with van der Waals surface area (Å²) in [6, 6.07) is 21.1. The Morgan fingerprint density at radius 2 is 1.89 bits per heavy atom. The van der Waals surface area contributed by atoms with E-state index < -0.39 is 0 Å². The van der Waals surface area contributed by atoms with Crippen molar-refractivity contribution >= 4 is 17.2 Å². The minimum atomic E-state index is -0.0113. The topological polar surface area (TPSA) is 65.8 Å². The van der Waals surface area contributed by atoms with Crippen LogP contribution in [0.1, 0.15) is 33.8 Å². The van der Waals surface area contributed by atoms with Crippen LogP contribution in [0.15, 0.2) is 72.1 Å². The van der Waals surface area contributed by atoms with Crippen molar-refractivity contribution in [2.45, 2.75) is 32.4 Å². The van der Waals surface area contributed by atoms with Crippen LogP contribution in [0, 0.1) is 6.92 Å². The van der Waals surface area contributed by atoms with Gasteiger partial charge in [-0.15, -0.1) is 11.3 Å². The van der Waals surface area contributed by atoms with Crippen molar-refractivity contribution in [3.05, 3.63) is 88.2 Å². The van der Waals surface area contributed by atoms with E-state index >= 15 is 0 Å². The van der Waals surface area contributed by atoms with Gasteiger partial charge in [0.25, 0.3) is 5.91 Å². The molecule has 1 amide bonds. The molecule has 0 spiro atoms. The number of para-hydroxylation sites is 1. The molecule has 1 atom stereocenters. The molecule has 36 heavy (non-hydrogen) atoms. The number of methoxy groups -OCH3 is 1. The number of aromatic nitrogens is 2. The Hall–Kier alpha value is -3.62. The molecule has 1 saturated heterocycles. The average Bonchev–Trinajstić information content (AvgIpc) is 3.68. The van der Waals surface area contributed by atoms with E-state index in [2.05, 4.69) is 0 Å². The summed E-state index contributed by atoms with van der Waals surface area (Å²) < 4.78 is 19.4. The van der Waals surface area contributed by atoms with Crippen molar-refractivity contribution in [2.75, 3.05) is 20.3 Å². The van der Waals surface area contributed by atoms with E-state index in [0.717, 1.165) is 42.1 Å². The van der Waals surface area contributed by atoms with E-state index in [9.17, 15) is 4.79 Å². The lowest BCUT2D eigenvalue weighted by Crippen LogP contribution is -2.36. The number of hydrogen-bond acceptors (Lipinski definition) is 6. The Bertz CT molecular complexity index is 1280. The summed E-state index contributed by atoms with van der Waals surface area (Å²) in [7, 11) is 1.63. The maximum Gasteiger partial charge on any atom is 0.264 e. The van der Waals surface area contributed by atoms with Gasteiger partial charge in [-0.3, -0.25) is 4.79 Å². The van der Waals surface area contributed by atoms with Crippen molar-refractivity contribution < 1.29 is 19.0 Å². The number of rotatable bonds is 9. The first-order chi connectivity index (χ1) is 17.6. The zero-order valence-corrected chi connectivity index (χ0v) is 21.2. The van der Waals surface area contributed by atoms with Gasteiger partial charge in [-0.1, -0.05) is 24.3 Å². The summed E-state index contributed by atoms with van der Waals surface area (Å²) in [5.41, 5.74) is 2.54. The van der Waals surface area contributed by atoms with E-state index in [0.29, 0.717) is 29.6 Å². The zero-order valence-electron chi connectivity index (χ0n) is 20.4. The fourth-order valence-corrected chi connectivity index (χ4v) is 5.02. The SMILES string of the molecule is COc1ccc(Oc2c(CN(C[C@H]3CCCO3)C(=O)c3cccs3)c(C)nn2-c2ccccc2)cc1. The van der Waals surface area contributed by atoms with Crippen LogP contribution in [-0.2, 0) is 11.3 Å². The molecule has 0 radical (unpaired) electrons. The molecule has 0 bridgehead atoms. The molecule has 1 fully saturated rings. The monoisotopic (exact) mass is 503 g/mol. The summed E-state index contributed by atoms with van der Waals surface area (Å²) in [4.78, 5) is 16.1. The van der Waals surface area contributed by atoms with Gasteiger partial charge in [0.1, 0.15) is 11.5 Å². The van der Waals surface area contributed by atoms with Gasteiger partial charge in [0.05, 0.1) is 41.6 Å². The third-order valence-corrected chi connectivity index (χ3v) is 7.09. The Kier molecular flexibility index (Phi) is 7.34. The zero-order chi connectivity index (χ0) is 24.9. The van der Waals surface area contributed by atoms with Crippen LogP contribution in [-0.4, -0.2) is 47.0 Å². The van der Waals surface area contributed by atoms with Gasteiger partial charge in [-0.2, -0.15) is 5.10 Å². The highest BCUT2D eigenvalue weighted by molar-refractivity contribution is 7.12. The Morgan fingerprint density at radius 1 is 1.11 bits per heavy atom. The maximum atomic E-state index is 13.5. The summed E-state index contributed by atoms with van der Waals surface area (Å²) in [5.74, 6) is 1.98. The molecule has 1 aliphatic rings. The number of benzene rings is 2. The predicted octanol–water partition coefficient (Wildman–Crippen LogP) is 5.86. The van der Waals surface area contributed by atoms with E-state index in [1.165, 1.54) is 11.3 Å². The fraction of sp³-hybridized carbons (Fsp3) is 0.286. The van der Waals surface area contributed by atoms with Crippen molar-refractivity contribution in [1.82, 2.24) is 14.7 Å². The van der Waals surface area contributed by atoms with Crippen molar-refractivity contribution in [2.24, 2.45) is 0 Å². The molecule has 2 aromatic heterocycles. The van der Waals surface area contributed by atoms with Crippen LogP contribution in [0.3, 0.4) is 0 Å². The third kappa shape index (κ3) is 5.29. The van der Waals surface area contributed by atoms with Gasteiger partial charge in [0.2, 0.25) is 5.88 Å². The summed E-state index contributed by atoms with van der Waals surface area (Å²) >= 11 is 1.45. The molecule has 8 heteroatoms. The van der Waals surface area contributed by atoms with Crippen molar-refractivity contribution in [3.8, 4) is 23.1 Å². The summed E-state index contributed by atoms with van der Waals surface area (Å²) in [6.07, 6.45) is 2.00. The van der Waals surface area contributed by atoms with E-state index in [1.807, 2.05) is 83.9 Å². The number of nitrogens with zero attached hydrogens (tertiary/aromatic N) is 3. The molecule has 1 aliphatic heterocycles. The van der Waals surface area contributed by atoms with Crippen LogP contribution in [0.25, 0.3) is 5.69 Å². The van der Waals surface area contributed by atoms with E-state index in [4.69, 9.17) is 19.3 Å². The molecule has 186 valence electrons. The molecule has 0 aliphatic carbocycles. The molecule has 2 aromatic carbocycles. The van der Waals surface area contributed by atoms with Gasteiger partial charge >= 0.3 is 0 Å². The lowest BCUT2D eigenvalue weighted by molar-refractivity contribution is 0.0509. The lowest BCUT2D eigenvalue weighted by Gasteiger charge is -2.25. The van der Waals surface area contributed by atoms with Crippen LogP contribution in [0.4, 0.5) is 0 Å². The average molecular weight is 504 g/mol. The van der Waals surface area contributed by atoms with Crippen LogP contribution in [0.2, 0.25) is 0 Å². The standard InChI is InChI=1S/C28H29N3O4S/c1-20-25(19-30(18-24-10-6-16-34-24)27(32)26-11-7-17-36-26)28(31(29-20)21-8-4-3-5-9-21)35-23-14-12-22(33-2)13-15-23/h3-5,7-9,11-15,17,24H,6,10,16,18-19H2,1-2H3/t24-/m1/s1. The minimum absolute atomic E-state index is 0.0113. The molecule has 0 N–H and O–H groups in total. The second kappa shape index (κ2) is 11.0. The predicted molar refractivity (Wildman–Crippen MR) is 139 cm³/mol. The molecule has 0 saturated carbocycles. The maximum absolute atomic E-state index is 13.5. The Balaban J connectivity index is 1.53. The minimum Gasteiger partial charge on any atom is -0.497 e. The molecular formula is C28H29N3O4S.